The van der Waals surface area contributed by atoms with Gasteiger partial charge in [-0.3, -0.25) is 9.59 Å². The number of alkyl halides is 3. The van der Waals surface area contributed by atoms with Gasteiger partial charge in [0.1, 0.15) is 11.3 Å². The second-order valence-corrected chi connectivity index (χ2v) is 9.74. The van der Waals surface area contributed by atoms with Crippen LogP contribution in [-0.2, 0) is 15.7 Å². The van der Waals surface area contributed by atoms with E-state index >= 15 is 0 Å². The average molecular weight is 569 g/mol. The first-order valence-electron chi connectivity index (χ1n) is 13.0. The van der Waals surface area contributed by atoms with E-state index in [2.05, 4.69) is 22.7 Å². The number of rotatable bonds is 5. The third-order valence-corrected chi connectivity index (χ3v) is 7.23. The third-order valence-electron chi connectivity index (χ3n) is 7.23. The van der Waals surface area contributed by atoms with Crippen LogP contribution in [0.3, 0.4) is 0 Å². The number of hydrogen-bond donors (Lipinski definition) is 0. The Morgan fingerprint density at radius 1 is 1.20 bits per heavy atom. The van der Waals surface area contributed by atoms with Crippen LogP contribution in [0.25, 0.3) is 16.6 Å². The number of hydrogen-bond acceptors (Lipinski definition) is 9. The maximum Gasteiger partial charge on any atom is 0.418 e. The number of nitriles is 1. The molecule has 1 amide bonds. The molecule has 2 saturated heterocycles. The minimum Gasteiger partial charge on any atom is -0.378 e. The number of aryl methyl sites for hydroxylation is 1. The highest BCUT2D eigenvalue weighted by Gasteiger charge is 2.37. The van der Waals surface area contributed by atoms with Crippen LogP contribution in [0.2, 0.25) is 0 Å². The topological polar surface area (TPSA) is 120 Å². The van der Waals surface area contributed by atoms with Gasteiger partial charge in [0.15, 0.2) is 0 Å². The van der Waals surface area contributed by atoms with Crippen molar-refractivity contribution in [2.75, 3.05) is 55.7 Å². The molecule has 2 aliphatic rings. The predicted molar refractivity (Wildman–Crippen MR) is 144 cm³/mol. The van der Waals surface area contributed by atoms with E-state index in [0.717, 1.165) is 4.68 Å². The van der Waals surface area contributed by atoms with Crippen molar-refractivity contribution in [3.05, 3.63) is 58.5 Å². The number of ether oxygens (including phenoxy) is 1. The number of piperazine rings is 1. The second-order valence-electron chi connectivity index (χ2n) is 9.74. The van der Waals surface area contributed by atoms with E-state index in [4.69, 9.17) is 9.72 Å². The molecule has 11 nitrogen and oxygen atoms in total. The number of nitrogens with zero attached hydrogens (tertiary/aromatic N) is 8. The normalized spacial score (nSPS) is 17.9. The SMILES string of the molecule is C=CC(=O)N1CCN(c2nc(N3CCOCC3)nc3c(=O)n(-c4cccc(C)c4C(F)(F)F)ncc23)CC1CC#N. The Hall–Kier alpha value is -4.51. The third kappa shape index (κ3) is 5.32. The molecule has 0 radical (unpaired) electrons. The smallest absolute Gasteiger partial charge is 0.378 e. The summed E-state index contributed by atoms with van der Waals surface area (Å²) in [5.41, 5.74) is -2.33. The average Bonchev–Trinajstić information content (AvgIpc) is 2.96. The number of benzene rings is 1. The van der Waals surface area contributed by atoms with Crippen molar-refractivity contribution in [1.82, 2.24) is 24.6 Å². The van der Waals surface area contributed by atoms with Gasteiger partial charge in [-0.2, -0.15) is 33.2 Å². The molecule has 0 saturated carbocycles. The largest absolute Gasteiger partial charge is 0.418 e. The van der Waals surface area contributed by atoms with Crippen LogP contribution in [0.4, 0.5) is 24.9 Å². The van der Waals surface area contributed by atoms with Gasteiger partial charge in [0.25, 0.3) is 5.56 Å². The van der Waals surface area contributed by atoms with Crippen LogP contribution in [-0.4, -0.2) is 82.5 Å². The summed E-state index contributed by atoms with van der Waals surface area (Å²) >= 11 is 0. The maximum absolute atomic E-state index is 14.0. The van der Waals surface area contributed by atoms with Crippen LogP contribution in [0.1, 0.15) is 17.5 Å². The molecule has 2 aromatic heterocycles. The minimum atomic E-state index is -4.72. The monoisotopic (exact) mass is 568 g/mol. The quantitative estimate of drug-likeness (QED) is 0.428. The number of halogens is 3. The Bertz CT molecular complexity index is 1590. The summed E-state index contributed by atoms with van der Waals surface area (Å²) in [5.74, 6) is 0.282. The lowest BCUT2D eigenvalue weighted by Crippen LogP contribution is -2.55. The molecule has 41 heavy (non-hydrogen) atoms. The van der Waals surface area contributed by atoms with E-state index in [1.54, 1.807) is 4.90 Å². The Kier molecular flexibility index (Phi) is 7.63. The van der Waals surface area contributed by atoms with Crippen molar-refractivity contribution in [3.63, 3.8) is 0 Å². The summed E-state index contributed by atoms with van der Waals surface area (Å²) in [6, 6.07) is 5.59. The maximum atomic E-state index is 14.0. The van der Waals surface area contributed by atoms with Crippen LogP contribution < -0.4 is 15.4 Å². The number of fused-ring (bicyclic) bond motifs is 1. The molecule has 0 spiro atoms. The molecule has 214 valence electrons. The molecule has 5 rings (SSSR count). The molecule has 1 aromatic carbocycles. The van der Waals surface area contributed by atoms with Crippen molar-refractivity contribution >= 4 is 28.6 Å². The van der Waals surface area contributed by atoms with Gasteiger partial charge in [-0.15, -0.1) is 0 Å². The molecule has 3 aromatic rings. The number of carbonyl (C=O) groups excluding carboxylic acids is 1. The molecule has 4 heterocycles. The summed E-state index contributed by atoms with van der Waals surface area (Å²) in [5, 5.41) is 13.8. The standard InChI is InChI=1S/C27H27F3N8O3/c1-3-21(39)37-10-9-36(16-18(37)7-8-31)24-19-15-32-38(20-6-4-5-17(2)22(20)27(28,29)30)25(40)23(19)33-26(34-24)35-11-13-41-14-12-35/h3-6,15,18H,1,7,9-14,16H2,2H3. The fraction of sp³-hybridized carbons (Fsp3) is 0.407. The van der Waals surface area contributed by atoms with E-state index in [9.17, 15) is 28.0 Å². The zero-order valence-electron chi connectivity index (χ0n) is 22.3. The zero-order valence-corrected chi connectivity index (χ0v) is 22.3. The number of amides is 1. The summed E-state index contributed by atoms with van der Waals surface area (Å²) in [6.07, 6.45) is -2.17. The number of carbonyl (C=O) groups is 1. The lowest BCUT2D eigenvalue weighted by atomic mass is 10.1. The second kappa shape index (κ2) is 11.2. The highest BCUT2D eigenvalue weighted by atomic mass is 19.4. The van der Waals surface area contributed by atoms with Gasteiger partial charge in [0.2, 0.25) is 11.9 Å². The molecular formula is C27H27F3N8O3. The lowest BCUT2D eigenvalue weighted by molar-refractivity contribution is -0.138. The van der Waals surface area contributed by atoms with Gasteiger partial charge in [0, 0.05) is 32.7 Å². The Morgan fingerprint density at radius 3 is 2.63 bits per heavy atom. The summed E-state index contributed by atoms with van der Waals surface area (Å²) in [7, 11) is 0. The van der Waals surface area contributed by atoms with Crippen molar-refractivity contribution in [2.45, 2.75) is 25.6 Å². The van der Waals surface area contributed by atoms with Gasteiger partial charge in [-0.25, -0.2) is 4.98 Å². The van der Waals surface area contributed by atoms with E-state index in [-0.39, 0.29) is 47.8 Å². The zero-order chi connectivity index (χ0) is 29.3. The van der Waals surface area contributed by atoms with Crippen molar-refractivity contribution in [2.24, 2.45) is 0 Å². The fourth-order valence-electron chi connectivity index (χ4n) is 5.25. The first-order valence-corrected chi connectivity index (χ1v) is 13.0. The Balaban J connectivity index is 1.68. The van der Waals surface area contributed by atoms with E-state index < -0.39 is 29.0 Å². The minimum absolute atomic E-state index is 0.0448. The van der Waals surface area contributed by atoms with Gasteiger partial charge in [-0.1, -0.05) is 18.7 Å². The van der Waals surface area contributed by atoms with Gasteiger partial charge in [0.05, 0.1) is 54.6 Å². The molecule has 0 bridgehead atoms. The van der Waals surface area contributed by atoms with Crippen molar-refractivity contribution in [3.8, 4) is 11.8 Å². The van der Waals surface area contributed by atoms with Crippen LogP contribution in [0, 0.1) is 18.3 Å². The predicted octanol–water partition coefficient (Wildman–Crippen LogP) is 2.46. The van der Waals surface area contributed by atoms with Crippen molar-refractivity contribution < 1.29 is 22.7 Å². The lowest BCUT2D eigenvalue weighted by Gasteiger charge is -2.41. The molecule has 1 atom stereocenters. The highest BCUT2D eigenvalue weighted by Crippen LogP contribution is 2.36. The first kappa shape index (κ1) is 28.0. The van der Waals surface area contributed by atoms with Gasteiger partial charge >= 0.3 is 6.18 Å². The van der Waals surface area contributed by atoms with Crippen molar-refractivity contribution in [1.29, 1.82) is 5.26 Å². The summed E-state index contributed by atoms with van der Waals surface area (Å²) in [4.78, 5) is 40.8. The van der Waals surface area contributed by atoms with E-state index in [1.165, 1.54) is 37.4 Å². The molecule has 1 unspecified atom stereocenters. The highest BCUT2D eigenvalue weighted by molar-refractivity contribution is 5.90. The van der Waals surface area contributed by atoms with Crippen LogP contribution >= 0.6 is 0 Å². The van der Waals surface area contributed by atoms with Crippen LogP contribution in [0.15, 0.2) is 41.8 Å². The number of morpholine rings is 1. The van der Waals surface area contributed by atoms with E-state index in [1.807, 2.05) is 9.80 Å². The fourth-order valence-corrected chi connectivity index (χ4v) is 5.25. The Morgan fingerprint density at radius 2 is 1.95 bits per heavy atom. The summed E-state index contributed by atoms with van der Waals surface area (Å²) in [6.45, 7) is 7.46. The molecule has 14 heteroatoms. The van der Waals surface area contributed by atoms with Crippen LogP contribution in [0.5, 0.6) is 0 Å². The summed E-state index contributed by atoms with van der Waals surface area (Å²) < 4.78 is 48.2. The molecule has 0 aliphatic carbocycles. The van der Waals surface area contributed by atoms with Gasteiger partial charge in [-0.05, 0) is 24.6 Å². The molecule has 0 N–H and O–H groups in total. The number of anilines is 2. The molecule has 2 aliphatic heterocycles. The molecule has 2 fully saturated rings. The van der Waals surface area contributed by atoms with E-state index in [0.29, 0.717) is 38.7 Å². The number of aromatic nitrogens is 4. The molecular weight excluding hydrogens is 541 g/mol. The first-order chi connectivity index (χ1) is 19.6. The van der Waals surface area contributed by atoms with Gasteiger partial charge < -0.3 is 19.4 Å². The Labute approximate surface area is 233 Å².